The molecule has 2 atom stereocenters. The normalized spacial score (nSPS) is 15.9. The largest absolute Gasteiger partial charge is 0.379 e. The second kappa shape index (κ2) is 5.42. The zero-order valence-corrected chi connectivity index (χ0v) is 10.9. The summed E-state index contributed by atoms with van der Waals surface area (Å²) < 4.78 is 11.5. The summed E-state index contributed by atoms with van der Waals surface area (Å²) in [6.45, 7) is 0. The van der Waals surface area contributed by atoms with E-state index in [4.69, 9.17) is 0 Å². The molecule has 0 aliphatic heterocycles. The minimum absolute atomic E-state index is 0.155. The Hall–Kier alpha value is -1.52. The zero-order valence-electron chi connectivity index (χ0n) is 10.1. The average Bonchev–Trinajstić information content (AvgIpc) is 2.40. The number of pyridine rings is 1. The van der Waals surface area contributed by atoms with Gasteiger partial charge in [-0.3, -0.25) is 9.19 Å². The van der Waals surface area contributed by atoms with Crippen LogP contribution in [0.2, 0.25) is 0 Å². The molecule has 0 aliphatic carbocycles. The number of nitrogens with zero attached hydrogens (tertiary/aromatic N) is 1. The van der Waals surface area contributed by atoms with Crippen LogP contribution in [-0.4, -0.2) is 26.3 Å². The molecule has 0 spiro atoms. The molecule has 0 bridgehead atoms. The van der Waals surface area contributed by atoms with E-state index in [9.17, 15) is 9.32 Å². The molecule has 1 aromatic carbocycles. The van der Waals surface area contributed by atoms with Gasteiger partial charge in [0, 0.05) is 35.0 Å². The van der Waals surface area contributed by atoms with Crippen LogP contribution in [0.1, 0.15) is 11.1 Å². The first kappa shape index (κ1) is 12.9. The van der Waals surface area contributed by atoms with Gasteiger partial charge < -0.3 is 5.11 Å². The van der Waals surface area contributed by atoms with Gasteiger partial charge in [-0.1, -0.05) is 36.4 Å². The van der Waals surface area contributed by atoms with Crippen molar-refractivity contribution in [1.82, 2.24) is 4.98 Å². The number of aromatic nitrogens is 1. The maximum atomic E-state index is 11.5. The van der Waals surface area contributed by atoms with Gasteiger partial charge in [-0.2, -0.15) is 0 Å². The van der Waals surface area contributed by atoms with Crippen molar-refractivity contribution < 1.29 is 9.32 Å². The molecule has 94 valence electrons. The first-order valence-electron chi connectivity index (χ1n) is 5.61. The van der Waals surface area contributed by atoms with Crippen molar-refractivity contribution in [3.63, 3.8) is 0 Å². The second-order valence-corrected chi connectivity index (χ2v) is 5.62. The van der Waals surface area contributed by atoms with E-state index in [1.165, 1.54) is 0 Å². The van der Waals surface area contributed by atoms with E-state index in [0.29, 0.717) is 5.56 Å². The highest BCUT2D eigenvalue weighted by Gasteiger charge is 2.32. The molecule has 4 heteroatoms. The molecule has 2 unspecified atom stereocenters. The Labute approximate surface area is 109 Å². The summed E-state index contributed by atoms with van der Waals surface area (Å²) in [6.07, 6.45) is 4.85. The summed E-state index contributed by atoms with van der Waals surface area (Å²) in [5.41, 5.74) is 0.134. The Morgan fingerprint density at radius 2 is 1.83 bits per heavy atom. The lowest BCUT2D eigenvalue weighted by Crippen LogP contribution is -2.33. The molecular weight excluding hydrogens is 246 g/mol. The SMILES string of the molecule is CS(=O)CC(O)(c1ccccc1)c1cccnc1. The molecule has 0 saturated heterocycles. The van der Waals surface area contributed by atoms with Crippen LogP contribution in [0.15, 0.2) is 54.9 Å². The zero-order chi connectivity index (χ0) is 13.0. The third-order valence-corrected chi connectivity index (χ3v) is 3.63. The van der Waals surface area contributed by atoms with Gasteiger partial charge in [-0.15, -0.1) is 0 Å². The average molecular weight is 261 g/mol. The molecule has 2 aromatic rings. The molecule has 18 heavy (non-hydrogen) atoms. The monoisotopic (exact) mass is 261 g/mol. The van der Waals surface area contributed by atoms with E-state index in [1.807, 2.05) is 30.3 Å². The van der Waals surface area contributed by atoms with E-state index >= 15 is 0 Å². The highest BCUT2D eigenvalue weighted by molar-refractivity contribution is 7.84. The summed E-state index contributed by atoms with van der Waals surface area (Å²) in [4.78, 5) is 4.02. The van der Waals surface area contributed by atoms with Crippen LogP contribution in [0.25, 0.3) is 0 Å². The summed E-state index contributed by atoms with van der Waals surface area (Å²) in [5, 5.41) is 10.9. The molecule has 2 rings (SSSR count). The fraction of sp³-hybridized carbons (Fsp3) is 0.214. The van der Waals surface area contributed by atoms with Gasteiger partial charge in [0.1, 0.15) is 5.60 Å². The molecule has 0 amide bonds. The summed E-state index contributed by atoms with van der Waals surface area (Å²) in [7, 11) is -1.11. The smallest absolute Gasteiger partial charge is 0.128 e. The number of benzene rings is 1. The van der Waals surface area contributed by atoms with Gasteiger partial charge in [0.05, 0.1) is 5.75 Å². The molecule has 3 nitrogen and oxygen atoms in total. The van der Waals surface area contributed by atoms with Gasteiger partial charge in [-0.05, 0) is 11.6 Å². The third kappa shape index (κ3) is 2.66. The molecule has 1 aromatic heterocycles. The first-order valence-corrected chi connectivity index (χ1v) is 7.34. The Morgan fingerprint density at radius 1 is 1.17 bits per heavy atom. The summed E-state index contributed by atoms with van der Waals surface area (Å²) in [6, 6.07) is 12.8. The fourth-order valence-electron chi connectivity index (χ4n) is 1.95. The topological polar surface area (TPSA) is 50.2 Å². The number of hydrogen-bond donors (Lipinski definition) is 1. The Bertz CT molecular complexity index is 489. The highest BCUT2D eigenvalue weighted by Crippen LogP contribution is 2.29. The quantitative estimate of drug-likeness (QED) is 0.911. The van der Waals surface area contributed by atoms with E-state index in [-0.39, 0.29) is 5.75 Å². The van der Waals surface area contributed by atoms with Crippen LogP contribution < -0.4 is 0 Å². The molecule has 0 aliphatic rings. The van der Waals surface area contributed by atoms with Gasteiger partial charge in [0.25, 0.3) is 0 Å². The van der Waals surface area contributed by atoms with Gasteiger partial charge in [0.2, 0.25) is 0 Å². The molecule has 0 radical (unpaired) electrons. The first-order chi connectivity index (χ1) is 8.63. The molecule has 0 saturated carbocycles. The van der Waals surface area contributed by atoms with E-state index in [1.54, 1.807) is 30.8 Å². The molecular formula is C14H15NO2S. The highest BCUT2D eigenvalue weighted by atomic mass is 32.2. The van der Waals surface area contributed by atoms with Crippen LogP contribution >= 0.6 is 0 Å². The maximum Gasteiger partial charge on any atom is 0.128 e. The van der Waals surface area contributed by atoms with Gasteiger partial charge in [0.15, 0.2) is 0 Å². The van der Waals surface area contributed by atoms with Crippen molar-refractivity contribution in [3.8, 4) is 0 Å². The van der Waals surface area contributed by atoms with Crippen LogP contribution in [0, 0.1) is 0 Å². The van der Waals surface area contributed by atoms with E-state index in [0.717, 1.165) is 5.56 Å². The Kier molecular flexibility index (Phi) is 3.89. The number of hydrogen-bond acceptors (Lipinski definition) is 3. The minimum Gasteiger partial charge on any atom is -0.379 e. The van der Waals surface area contributed by atoms with Gasteiger partial charge >= 0.3 is 0 Å². The third-order valence-electron chi connectivity index (χ3n) is 2.80. The maximum absolute atomic E-state index is 11.5. The lowest BCUT2D eigenvalue weighted by atomic mass is 9.89. The van der Waals surface area contributed by atoms with Crippen LogP contribution in [-0.2, 0) is 16.4 Å². The number of rotatable bonds is 4. The standard InChI is InChI=1S/C14H15NO2S/c1-18(17)11-14(16,12-6-3-2-4-7-12)13-8-5-9-15-10-13/h2-10,16H,11H2,1H3. The Balaban J connectivity index is 2.51. The summed E-state index contributed by atoms with van der Waals surface area (Å²) in [5.74, 6) is 0.155. The van der Waals surface area contributed by atoms with Crippen LogP contribution in [0.3, 0.4) is 0 Å². The van der Waals surface area contributed by atoms with Crippen molar-refractivity contribution in [2.45, 2.75) is 5.60 Å². The van der Waals surface area contributed by atoms with Crippen LogP contribution in [0.4, 0.5) is 0 Å². The van der Waals surface area contributed by atoms with Crippen molar-refractivity contribution >= 4 is 10.8 Å². The van der Waals surface area contributed by atoms with E-state index in [2.05, 4.69) is 4.98 Å². The van der Waals surface area contributed by atoms with Crippen molar-refractivity contribution in [2.24, 2.45) is 0 Å². The minimum atomic E-state index is -1.25. The Morgan fingerprint density at radius 3 is 2.39 bits per heavy atom. The summed E-state index contributed by atoms with van der Waals surface area (Å²) >= 11 is 0. The fourth-order valence-corrected chi connectivity index (χ4v) is 2.87. The second-order valence-electron chi connectivity index (χ2n) is 4.19. The lowest BCUT2D eigenvalue weighted by molar-refractivity contribution is 0.106. The van der Waals surface area contributed by atoms with E-state index < -0.39 is 16.4 Å². The van der Waals surface area contributed by atoms with Crippen molar-refractivity contribution in [2.75, 3.05) is 12.0 Å². The molecule has 1 heterocycles. The van der Waals surface area contributed by atoms with Crippen LogP contribution in [0.5, 0.6) is 0 Å². The van der Waals surface area contributed by atoms with Gasteiger partial charge in [-0.25, -0.2) is 0 Å². The predicted molar refractivity (Wildman–Crippen MR) is 72.6 cm³/mol. The van der Waals surface area contributed by atoms with Crippen molar-refractivity contribution in [3.05, 3.63) is 66.0 Å². The lowest BCUT2D eigenvalue weighted by Gasteiger charge is -2.28. The number of aliphatic hydroxyl groups is 1. The predicted octanol–water partition coefficient (Wildman–Crippen LogP) is 1.70. The molecule has 0 fully saturated rings. The molecule has 1 N–H and O–H groups in total. The van der Waals surface area contributed by atoms with Crippen molar-refractivity contribution in [1.29, 1.82) is 0 Å².